The highest BCUT2D eigenvalue weighted by Gasteiger charge is 2.41. The summed E-state index contributed by atoms with van der Waals surface area (Å²) in [6.45, 7) is 2.68. The third-order valence-corrected chi connectivity index (χ3v) is 5.38. The molecule has 152 valence electrons. The molecule has 1 amide bonds. The number of β-amino-alcohol motifs (C(OH)–C–C–N with tert-alkyl or cyclic N) is 1. The molecule has 2 aromatic carbocycles. The van der Waals surface area contributed by atoms with Crippen LogP contribution >= 0.6 is 12.4 Å². The smallest absolute Gasteiger partial charge is 0.251 e. The zero-order valence-electron chi connectivity index (χ0n) is 16.4. The van der Waals surface area contributed by atoms with E-state index >= 15 is 0 Å². The first kappa shape index (κ1) is 22.4. The number of carbonyl (C=O) groups is 1. The molecule has 0 saturated heterocycles. The van der Waals surface area contributed by atoms with Gasteiger partial charge in [0.25, 0.3) is 5.91 Å². The minimum absolute atomic E-state index is 0. The Labute approximate surface area is 174 Å². The van der Waals surface area contributed by atoms with Crippen molar-refractivity contribution in [3.05, 3.63) is 71.8 Å². The van der Waals surface area contributed by atoms with Crippen molar-refractivity contribution in [3.8, 4) is 0 Å². The number of carbonyl (C=O) groups excluding carboxylic acids is 1. The molecule has 1 fully saturated rings. The topological polar surface area (TPSA) is 61.4 Å². The van der Waals surface area contributed by atoms with E-state index in [1.165, 1.54) is 12.8 Å². The third kappa shape index (κ3) is 6.33. The minimum atomic E-state index is -0.646. The van der Waals surface area contributed by atoms with Gasteiger partial charge in [0.2, 0.25) is 0 Å². The molecule has 3 N–H and O–H groups in total. The highest BCUT2D eigenvalue weighted by Crippen LogP contribution is 2.39. The van der Waals surface area contributed by atoms with E-state index in [0.29, 0.717) is 18.5 Å². The first-order valence-corrected chi connectivity index (χ1v) is 9.95. The molecule has 2 atom stereocenters. The fourth-order valence-electron chi connectivity index (χ4n) is 3.60. The molecule has 5 heteroatoms. The summed E-state index contributed by atoms with van der Waals surface area (Å²) in [6, 6.07) is 18.8. The van der Waals surface area contributed by atoms with Gasteiger partial charge in [0.15, 0.2) is 0 Å². The van der Waals surface area contributed by atoms with E-state index in [1.807, 2.05) is 48.5 Å². The number of nitrogens with one attached hydrogen (secondary N) is 2. The van der Waals surface area contributed by atoms with Gasteiger partial charge in [0, 0.05) is 17.6 Å². The fourth-order valence-corrected chi connectivity index (χ4v) is 3.60. The lowest BCUT2D eigenvalue weighted by atomic mass is 10.00. The molecule has 0 bridgehead atoms. The lowest BCUT2D eigenvalue weighted by Gasteiger charge is -2.27. The molecule has 2 aromatic rings. The van der Waals surface area contributed by atoms with Gasteiger partial charge in [-0.05, 0) is 43.4 Å². The molecule has 1 saturated carbocycles. The molecule has 28 heavy (non-hydrogen) atoms. The van der Waals surface area contributed by atoms with Crippen LogP contribution in [0.25, 0.3) is 0 Å². The second-order valence-corrected chi connectivity index (χ2v) is 7.61. The van der Waals surface area contributed by atoms with Gasteiger partial charge in [0.1, 0.15) is 0 Å². The number of aliphatic hydroxyl groups is 1. The SMILES string of the molecule is CCCC1(NC[C@@H](O)[C@H](Cc2ccccc2)NC(=O)c2ccccc2)CC1.Cl. The van der Waals surface area contributed by atoms with E-state index in [4.69, 9.17) is 0 Å². The summed E-state index contributed by atoms with van der Waals surface area (Å²) >= 11 is 0. The molecule has 0 unspecified atom stereocenters. The highest BCUT2D eigenvalue weighted by molar-refractivity contribution is 5.94. The second kappa shape index (κ2) is 10.6. The number of amides is 1. The van der Waals surface area contributed by atoms with Crippen LogP contribution in [0.3, 0.4) is 0 Å². The fraction of sp³-hybridized carbons (Fsp3) is 0.435. The van der Waals surface area contributed by atoms with Crippen LogP contribution in [0.2, 0.25) is 0 Å². The molecule has 0 aromatic heterocycles. The van der Waals surface area contributed by atoms with Crippen LogP contribution in [0.4, 0.5) is 0 Å². The monoisotopic (exact) mass is 402 g/mol. The molecule has 0 heterocycles. The average molecular weight is 403 g/mol. The molecular formula is C23H31ClN2O2. The van der Waals surface area contributed by atoms with Crippen LogP contribution in [0.15, 0.2) is 60.7 Å². The summed E-state index contributed by atoms with van der Waals surface area (Å²) in [6.07, 6.45) is 4.58. The lowest BCUT2D eigenvalue weighted by molar-refractivity contribution is 0.0821. The summed E-state index contributed by atoms with van der Waals surface area (Å²) in [5, 5.41) is 17.4. The summed E-state index contributed by atoms with van der Waals surface area (Å²) in [4.78, 5) is 12.6. The first-order chi connectivity index (χ1) is 13.1. The summed E-state index contributed by atoms with van der Waals surface area (Å²) in [5.41, 5.74) is 1.92. The Morgan fingerprint density at radius 1 is 1.07 bits per heavy atom. The van der Waals surface area contributed by atoms with Crippen molar-refractivity contribution < 1.29 is 9.90 Å². The normalized spacial score (nSPS) is 16.5. The van der Waals surface area contributed by atoms with Crippen molar-refractivity contribution in [1.82, 2.24) is 10.6 Å². The van der Waals surface area contributed by atoms with Gasteiger partial charge >= 0.3 is 0 Å². The standard InChI is InChI=1S/C23H30N2O2.ClH/c1-2-13-23(14-15-23)24-17-21(26)20(16-18-9-5-3-6-10-18)25-22(27)19-11-7-4-8-12-19;/h3-12,20-21,24,26H,2,13-17H2,1H3,(H,25,27);1H/t20-,21+;/m0./s1. The quantitative estimate of drug-likeness (QED) is 0.567. The number of rotatable bonds is 10. The number of hydrogen-bond donors (Lipinski definition) is 3. The summed E-state index contributed by atoms with van der Waals surface area (Å²) in [5.74, 6) is -0.148. The van der Waals surface area contributed by atoms with Gasteiger partial charge in [-0.25, -0.2) is 0 Å². The van der Waals surface area contributed by atoms with E-state index in [1.54, 1.807) is 12.1 Å². The number of halogens is 1. The first-order valence-electron chi connectivity index (χ1n) is 9.95. The Kier molecular flexibility index (Phi) is 8.49. The van der Waals surface area contributed by atoms with Gasteiger partial charge in [-0.2, -0.15) is 0 Å². The van der Waals surface area contributed by atoms with Crippen molar-refractivity contribution in [2.24, 2.45) is 0 Å². The Bertz CT molecular complexity index is 720. The molecule has 0 spiro atoms. The second-order valence-electron chi connectivity index (χ2n) is 7.61. The van der Waals surface area contributed by atoms with Crippen LogP contribution in [-0.4, -0.2) is 35.2 Å². The van der Waals surface area contributed by atoms with Gasteiger partial charge in [-0.3, -0.25) is 4.79 Å². The third-order valence-electron chi connectivity index (χ3n) is 5.38. The molecule has 1 aliphatic carbocycles. The predicted molar refractivity (Wildman–Crippen MR) is 116 cm³/mol. The highest BCUT2D eigenvalue weighted by atomic mass is 35.5. The van der Waals surface area contributed by atoms with E-state index < -0.39 is 6.10 Å². The summed E-state index contributed by atoms with van der Waals surface area (Å²) in [7, 11) is 0. The van der Waals surface area contributed by atoms with Crippen LogP contribution < -0.4 is 10.6 Å². The van der Waals surface area contributed by atoms with Crippen LogP contribution in [0, 0.1) is 0 Å². The van der Waals surface area contributed by atoms with E-state index in [0.717, 1.165) is 18.4 Å². The average Bonchev–Trinajstić information content (AvgIpc) is 3.47. The van der Waals surface area contributed by atoms with Gasteiger partial charge in [-0.1, -0.05) is 61.9 Å². The Hall–Kier alpha value is -1.88. The van der Waals surface area contributed by atoms with Gasteiger partial charge < -0.3 is 15.7 Å². The van der Waals surface area contributed by atoms with Crippen LogP contribution in [-0.2, 0) is 6.42 Å². The number of aliphatic hydroxyl groups excluding tert-OH is 1. The Balaban J connectivity index is 0.00000280. The van der Waals surface area contributed by atoms with E-state index in [9.17, 15) is 9.90 Å². The molecule has 0 radical (unpaired) electrons. The maximum atomic E-state index is 12.6. The maximum Gasteiger partial charge on any atom is 0.251 e. The molecule has 1 aliphatic rings. The van der Waals surface area contributed by atoms with Crippen molar-refractivity contribution in [3.63, 3.8) is 0 Å². The molecular weight excluding hydrogens is 372 g/mol. The predicted octanol–water partition coefficient (Wildman–Crippen LogP) is 3.73. The van der Waals surface area contributed by atoms with Gasteiger partial charge in [-0.15, -0.1) is 12.4 Å². The van der Waals surface area contributed by atoms with E-state index in [2.05, 4.69) is 17.6 Å². The van der Waals surface area contributed by atoms with Crippen molar-refractivity contribution in [2.75, 3.05) is 6.54 Å². The zero-order valence-corrected chi connectivity index (χ0v) is 17.3. The van der Waals surface area contributed by atoms with Crippen molar-refractivity contribution in [1.29, 1.82) is 0 Å². The lowest BCUT2D eigenvalue weighted by Crippen LogP contribution is -2.50. The largest absolute Gasteiger partial charge is 0.390 e. The van der Waals surface area contributed by atoms with E-state index in [-0.39, 0.29) is 29.9 Å². The maximum absolute atomic E-state index is 12.6. The van der Waals surface area contributed by atoms with Crippen molar-refractivity contribution >= 4 is 18.3 Å². The Morgan fingerprint density at radius 3 is 2.25 bits per heavy atom. The molecule has 3 rings (SSSR count). The molecule has 0 aliphatic heterocycles. The Morgan fingerprint density at radius 2 is 1.68 bits per heavy atom. The number of benzene rings is 2. The van der Waals surface area contributed by atoms with Crippen LogP contribution in [0.1, 0.15) is 48.5 Å². The zero-order chi connectivity index (χ0) is 19.1. The summed E-state index contributed by atoms with van der Waals surface area (Å²) < 4.78 is 0. The molecule has 4 nitrogen and oxygen atoms in total. The van der Waals surface area contributed by atoms with Gasteiger partial charge in [0.05, 0.1) is 12.1 Å². The van der Waals surface area contributed by atoms with Crippen LogP contribution in [0.5, 0.6) is 0 Å². The van der Waals surface area contributed by atoms with Crippen molar-refractivity contribution in [2.45, 2.75) is 56.7 Å². The minimum Gasteiger partial charge on any atom is -0.390 e. The number of hydrogen-bond acceptors (Lipinski definition) is 3.